The second kappa shape index (κ2) is 9.42. The molecule has 0 saturated carbocycles. The highest BCUT2D eigenvalue weighted by Crippen LogP contribution is 2.18. The van der Waals surface area contributed by atoms with Crippen molar-refractivity contribution >= 4 is 5.91 Å². The van der Waals surface area contributed by atoms with E-state index >= 15 is 0 Å². The first-order valence-electron chi connectivity index (χ1n) is 8.69. The van der Waals surface area contributed by atoms with Gasteiger partial charge in [-0.3, -0.25) is 9.69 Å². The van der Waals surface area contributed by atoms with Crippen LogP contribution in [0.1, 0.15) is 53.9 Å². The van der Waals surface area contributed by atoms with Crippen molar-refractivity contribution in [3.63, 3.8) is 0 Å². The molecule has 0 bridgehead atoms. The number of amides is 1. The lowest BCUT2D eigenvalue weighted by atomic mass is 9.96. The van der Waals surface area contributed by atoms with Crippen LogP contribution in [-0.4, -0.2) is 49.1 Å². The summed E-state index contributed by atoms with van der Waals surface area (Å²) in [5, 5.41) is 6.66. The second-order valence-electron chi connectivity index (χ2n) is 7.05. The third-order valence-corrected chi connectivity index (χ3v) is 4.46. The van der Waals surface area contributed by atoms with E-state index in [0.29, 0.717) is 11.8 Å². The minimum Gasteiger partial charge on any atom is -0.352 e. The summed E-state index contributed by atoms with van der Waals surface area (Å²) in [6, 6.07) is 0.264. The third kappa shape index (κ3) is 6.79. The van der Waals surface area contributed by atoms with Crippen LogP contribution in [-0.2, 0) is 4.79 Å². The Labute approximate surface area is 131 Å². The number of hydrogen-bond acceptors (Lipinski definition) is 3. The lowest BCUT2D eigenvalue weighted by Crippen LogP contribution is -2.51. The van der Waals surface area contributed by atoms with Gasteiger partial charge in [-0.2, -0.15) is 0 Å². The molecule has 3 unspecified atom stereocenters. The standard InChI is InChI=1S/C17H35N3O/c1-6-14(4)19-17(21)15(5)20-9-7-8-16(12-20)11-18-10-13(2)3/h13-16,18H,6-12H2,1-5H3,(H,19,21). The fourth-order valence-electron chi connectivity index (χ4n) is 2.82. The summed E-state index contributed by atoms with van der Waals surface area (Å²) in [5.74, 6) is 1.56. The molecular formula is C17H35N3O. The highest BCUT2D eigenvalue weighted by Gasteiger charge is 2.27. The summed E-state index contributed by atoms with van der Waals surface area (Å²) in [6.45, 7) is 14.9. The van der Waals surface area contributed by atoms with Crippen molar-refractivity contribution in [3.05, 3.63) is 0 Å². The Bertz CT molecular complexity index is 306. The van der Waals surface area contributed by atoms with Crippen molar-refractivity contribution in [1.29, 1.82) is 0 Å². The molecule has 4 nitrogen and oxygen atoms in total. The molecule has 0 radical (unpaired) electrons. The summed E-state index contributed by atoms with van der Waals surface area (Å²) < 4.78 is 0. The summed E-state index contributed by atoms with van der Waals surface area (Å²) in [6.07, 6.45) is 3.47. The third-order valence-electron chi connectivity index (χ3n) is 4.46. The van der Waals surface area contributed by atoms with Crippen LogP contribution < -0.4 is 10.6 Å². The van der Waals surface area contributed by atoms with Gasteiger partial charge in [-0.25, -0.2) is 0 Å². The first-order valence-corrected chi connectivity index (χ1v) is 8.69. The molecule has 1 amide bonds. The largest absolute Gasteiger partial charge is 0.352 e. The molecule has 1 aliphatic heterocycles. The molecule has 2 N–H and O–H groups in total. The Morgan fingerprint density at radius 3 is 2.62 bits per heavy atom. The monoisotopic (exact) mass is 297 g/mol. The number of nitrogens with one attached hydrogen (secondary N) is 2. The maximum atomic E-state index is 12.3. The predicted octanol–water partition coefficient (Wildman–Crippen LogP) is 2.25. The molecular weight excluding hydrogens is 262 g/mol. The first kappa shape index (κ1) is 18.4. The number of nitrogens with zero attached hydrogens (tertiary/aromatic N) is 1. The van der Waals surface area contributed by atoms with E-state index < -0.39 is 0 Å². The minimum absolute atomic E-state index is 0.00750. The number of likely N-dealkylation sites (tertiary alicyclic amines) is 1. The van der Waals surface area contributed by atoms with Crippen LogP contribution >= 0.6 is 0 Å². The topological polar surface area (TPSA) is 44.4 Å². The van der Waals surface area contributed by atoms with Gasteiger partial charge in [-0.1, -0.05) is 20.8 Å². The van der Waals surface area contributed by atoms with E-state index in [0.717, 1.165) is 32.6 Å². The minimum atomic E-state index is -0.00750. The zero-order valence-electron chi connectivity index (χ0n) is 14.6. The van der Waals surface area contributed by atoms with E-state index in [1.54, 1.807) is 0 Å². The van der Waals surface area contributed by atoms with Gasteiger partial charge in [0.05, 0.1) is 6.04 Å². The quantitative estimate of drug-likeness (QED) is 0.722. The van der Waals surface area contributed by atoms with Crippen LogP contribution in [0, 0.1) is 11.8 Å². The van der Waals surface area contributed by atoms with Gasteiger partial charge in [0.2, 0.25) is 5.91 Å². The van der Waals surface area contributed by atoms with E-state index in [1.807, 2.05) is 6.92 Å². The molecule has 3 atom stereocenters. The van der Waals surface area contributed by atoms with Gasteiger partial charge in [-0.05, 0) is 64.6 Å². The predicted molar refractivity (Wildman–Crippen MR) is 89.4 cm³/mol. The Hall–Kier alpha value is -0.610. The molecule has 1 fully saturated rings. The molecule has 1 saturated heterocycles. The maximum Gasteiger partial charge on any atom is 0.237 e. The molecule has 124 valence electrons. The molecule has 4 heteroatoms. The van der Waals surface area contributed by atoms with Gasteiger partial charge in [0.15, 0.2) is 0 Å². The Kier molecular flexibility index (Phi) is 8.27. The summed E-state index contributed by atoms with van der Waals surface area (Å²) in [4.78, 5) is 14.6. The SMILES string of the molecule is CCC(C)NC(=O)C(C)N1CCCC(CNCC(C)C)C1. The number of carbonyl (C=O) groups is 1. The van der Waals surface area contributed by atoms with Crippen LogP contribution in [0.3, 0.4) is 0 Å². The maximum absolute atomic E-state index is 12.3. The average molecular weight is 297 g/mol. The smallest absolute Gasteiger partial charge is 0.237 e. The second-order valence-corrected chi connectivity index (χ2v) is 7.05. The van der Waals surface area contributed by atoms with Crippen molar-refractivity contribution in [2.75, 3.05) is 26.2 Å². The molecule has 0 spiro atoms. The zero-order valence-corrected chi connectivity index (χ0v) is 14.6. The first-order chi connectivity index (χ1) is 9.93. The molecule has 1 aliphatic rings. The molecule has 0 aromatic heterocycles. The van der Waals surface area contributed by atoms with Crippen molar-refractivity contribution < 1.29 is 4.79 Å². The van der Waals surface area contributed by atoms with E-state index in [-0.39, 0.29) is 18.0 Å². The van der Waals surface area contributed by atoms with Gasteiger partial charge < -0.3 is 10.6 Å². The van der Waals surface area contributed by atoms with Gasteiger partial charge in [0, 0.05) is 12.6 Å². The summed E-state index contributed by atoms with van der Waals surface area (Å²) >= 11 is 0. The van der Waals surface area contributed by atoms with Crippen LogP contribution in [0.2, 0.25) is 0 Å². The highest BCUT2D eigenvalue weighted by molar-refractivity contribution is 5.81. The number of carbonyl (C=O) groups excluding carboxylic acids is 1. The average Bonchev–Trinajstić information content (AvgIpc) is 2.46. The lowest BCUT2D eigenvalue weighted by molar-refractivity contribution is -0.127. The molecule has 0 aromatic rings. The van der Waals surface area contributed by atoms with Gasteiger partial charge in [-0.15, -0.1) is 0 Å². The Balaban J connectivity index is 2.38. The molecule has 0 aliphatic carbocycles. The summed E-state index contributed by atoms with van der Waals surface area (Å²) in [5.41, 5.74) is 0. The van der Waals surface area contributed by atoms with Gasteiger partial charge >= 0.3 is 0 Å². The van der Waals surface area contributed by atoms with Crippen molar-refractivity contribution in [3.8, 4) is 0 Å². The molecule has 1 heterocycles. The Morgan fingerprint density at radius 2 is 2.00 bits per heavy atom. The molecule has 0 aromatic carbocycles. The van der Waals surface area contributed by atoms with Crippen LogP contribution in [0.4, 0.5) is 0 Å². The van der Waals surface area contributed by atoms with E-state index in [9.17, 15) is 4.79 Å². The number of hydrogen-bond donors (Lipinski definition) is 2. The fraction of sp³-hybridized carbons (Fsp3) is 0.941. The normalized spacial score (nSPS) is 23.0. The fourth-order valence-corrected chi connectivity index (χ4v) is 2.82. The highest BCUT2D eigenvalue weighted by atomic mass is 16.2. The zero-order chi connectivity index (χ0) is 15.8. The Morgan fingerprint density at radius 1 is 1.29 bits per heavy atom. The molecule has 21 heavy (non-hydrogen) atoms. The van der Waals surface area contributed by atoms with Gasteiger partial charge in [0.1, 0.15) is 0 Å². The van der Waals surface area contributed by atoms with E-state index in [4.69, 9.17) is 0 Å². The summed E-state index contributed by atoms with van der Waals surface area (Å²) in [7, 11) is 0. The van der Waals surface area contributed by atoms with Crippen molar-refractivity contribution in [2.45, 2.75) is 66.0 Å². The lowest BCUT2D eigenvalue weighted by Gasteiger charge is -2.36. The van der Waals surface area contributed by atoms with Crippen molar-refractivity contribution in [2.24, 2.45) is 11.8 Å². The van der Waals surface area contributed by atoms with Crippen molar-refractivity contribution in [1.82, 2.24) is 15.5 Å². The van der Waals surface area contributed by atoms with Crippen LogP contribution in [0.25, 0.3) is 0 Å². The van der Waals surface area contributed by atoms with Crippen LogP contribution in [0.5, 0.6) is 0 Å². The van der Waals surface area contributed by atoms with Crippen LogP contribution in [0.15, 0.2) is 0 Å². The number of piperidine rings is 1. The molecule has 1 rings (SSSR count). The van der Waals surface area contributed by atoms with E-state index in [1.165, 1.54) is 12.8 Å². The van der Waals surface area contributed by atoms with Gasteiger partial charge in [0.25, 0.3) is 0 Å². The number of rotatable bonds is 8. The van der Waals surface area contributed by atoms with E-state index in [2.05, 4.69) is 43.2 Å².